The molecule has 0 bridgehead atoms. The third-order valence-electron chi connectivity index (χ3n) is 6.86. The monoisotopic (exact) mass is 622 g/mol. The van der Waals surface area contributed by atoms with E-state index < -0.39 is 97.9 Å². The molecular formula is C25H47N6O10P. The van der Waals surface area contributed by atoms with Gasteiger partial charge in [0, 0.05) is 13.5 Å². The van der Waals surface area contributed by atoms with Crippen molar-refractivity contribution in [1.82, 2.24) is 26.6 Å². The number of nitrogens with two attached hydrogens (primary N) is 1. The summed E-state index contributed by atoms with van der Waals surface area (Å²) < 4.78 is 12.3. The van der Waals surface area contributed by atoms with E-state index in [-0.39, 0.29) is 5.92 Å². The lowest BCUT2D eigenvalue weighted by Gasteiger charge is -2.31. The summed E-state index contributed by atoms with van der Waals surface area (Å²) in [7, 11) is -5.01. The third kappa shape index (κ3) is 13.3. The molecule has 0 aromatic heterocycles. The SMILES string of the molecule is CC[C@H](C)[C@H](NC(C)=O)C(=O)N[C@H](C(=O)NCC(N[C@H](C(=O)N[C@@H](CC(N)=O)C(=O)O)C(C)C)P(=O)(O)O)[C@@H](C)CC. The zero-order valence-corrected chi connectivity index (χ0v) is 26.1. The summed E-state index contributed by atoms with van der Waals surface area (Å²) in [6, 6.07) is -5.03. The van der Waals surface area contributed by atoms with E-state index in [2.05, 4.69) is 26.6 Å². The van der Waals surface area contributed by atoms with E-state index in [1.54, 1.807) is 20.8 Å². The van der Waals surface area contributed by atoms with Crippen LogP contribution in [-0.4, -0.2) is 86.9 Å². The Bertz CT molecular complexity index is 1020. The molecule has 0 aliphatic carbocycles. The predicted molar refractivity (Wildman–Crippen MR) is 152 cm³/mol. The van der Waals surface area contributed by atoms with E-state index in [0.29, 0.717) is 12.8 Å². The van der Waals surface area contributed by atoms with Gasteiger partial charge in [0.15, 0.2) is 0 Å². The lowest BCUT2D eigenvalue weighted by Crippen LogP contribution is -2.59. The summed E-state index contributed by atoms with van der Waals surface area (Å²) in [6.07, 6.45) is 0.319. The molecule has 0 radical (unpaired) electrons. The Hall–Kier alpha value is -3.07. The van der Waals surface area contributed by atoms with Crippen molar-refractivity contribution in [3.63, 3.8) is 0 Å². The molecule has 17 heteroatoms. The van der Waals surface area contributed by atoms with Gasteiger partial charge in [-0.3, -0.25) is 33.9 Å². The summed E-state index contributed by atoms with van der Waals surface area (Å²) in [4.78, 5) is 93.3. The van der Waals surface area contributed by atoms with E-state index in [4.69, 9.17) is 5.73 Å². The first-order valence-corrected chi connectivity index (χ1v) is 15.4. The largest absolute Gasteiger partial charge is 0.480 e. The van der Waals surface area contributed by atoms with Crippen LogP contribution in [0.25, 0.3) is 0 Å². The summed E-state index contributed by atoms with van der Waals surface area (Å²) in [5.41, 5.74) is 5.04. The highest BCUT2D eigenvalue weighted by Crippen LogP contribution is 2.39. The van der Waals surface area contributed by atoms with Crippen LogP contribution in [-0.2, 0) is 33.3 Å². The topological polar surface area (TPSA) is 266 Å². The van der Waals surface area contributed by atoms with Crippen LogP contribution in [0.4, 0.5) is 0 Å². The van der Waals surface area contributed by atoms with Gasteiger partial charge in [-0.15, -0.1) is 0 Å². The number of hydrogen-bond acceptors (Lipinski definition) is 8. The number of carbonyl (C=O) groups is 6. The number of amides is 5. The van der Waals surface area contributed by atoms with Crippen molar-refractivity contribution in [2.75, 3.05) is 6.54 Å². The Balaban J connectivity index is 5.88. The van der Waals surface area contributed by atoms with E-state index in [0.717, 1.165) is 0 Å². The lowest BCUT2D eigenvalue weighted by molar-refractivity contribution is -0.143. The number of carboxylic acid groups (broad SMARTS) is 1. The van der Waals surface area contributed by atoms with E-state index in [1.807, 2.05) is 6.92 Å². The van der Waals surface area contributed by atoms with E-state index in [1.165, 1.54) is 20.8 Å². The van der Waals surface area contributed by atoms with E-state index in [9.17, 15) is 48.2 Å². The molecule has 0 fully saturated rings. The number of aliphatic carboxylic acids is 1. The Kier molecular flexibility index (Phi) is 16.5. The van der Waals surface area contributed by atoms with Gasteiger partial charge in [0.25, 0.3) is 0 Å². The van der Waals surface area contributed by atoms with Gasteiger partial charge in [-0.2, -0.15) is 0 Å². The molecule has 10 N–H and O–H groups in total. The van der Waals surface area contributed by atoms with Crippen LogP contribution in [0.1, 0.15) is 67.7 Å². The van der Waals surface area contributed by atoms with Crippen LogP contribution in [0.2, 0.25) is 0 Å². The number of carbonyl (C=O) groups excluding carboxylic acids is 5. The second-order valence-electron chi connectivity index (χ2n) is 10.7. The maximum Gasteiger partial charge on any atom is 0.344 e. The minimum atomic E-state index is -5.01. The Morgan fingerprint density at radius 2 is 1.26 bits per heavy atom. The maximum atomic E-state index is 13.2. The van der Waals surface area contributed by atoms with Crippen molar-refractivity contribution in [3.8, 4) is 0 Å². The fourth-order valence-electron chi connectivity index (χ4n) is 3.89. The molecule has 0 aliphatic rings. The fourth-order valence-corrected chi connectivity index (χ4v) is 4.57. The standard InChI is InChI=1S/C25H47N6O10P/c1-8-13(5)20(31-24(36)21(14(6)9-2)28-15(7)32)22(34)27-11-18(42(39,40)41)30-19(12(3)4)23(35)29-16(25(37)38)10-17(26)33/h12-14,16,18-21,30H,8-11H2,1-7H3,(H2,26,33)(H,27,34)(H,28,32)(H,29,35)(H,31,36)(H,37,38)(H2,39,40,41)/t13-,14-,16-,18?,19-,20-,21-/m0/s1. The molecule has 42 heavy (non-hydrogen) atoms. The summed E-state index contributed by atoms with van der Waals surface area (Å²) >= 11 is 0. The van der Waals surface area contributed by atoms with Gasteiger partial charge in [0.05, 0.1) is 12.5 Å². The van der Waals surface area contributed by atoms with Gasteiger partial charge in [-0.25, -0.2) is 4.79 Å². The lowest BCUT2D eigenvalue weighted by atomic mass is 9.95. The highest BCUT2D eigenvalue weighted by Gasteiger charge is 2.37. The first kappa shape index (κ1) is 38.9. The zero-order chi connectivity index (χ0) is 32.9. The van der Waals surface area contributed by atoms with E-state index >= 15 is 0 Å². The number of rotatable bonds is 19. The molecule has 0 rings (SSSR count). The quantitative estimate of drug-likeness (QED) is 0.0768. The molecule has 0 heterocycles. The van der Waals surface area contributed by atoms with Crippen molar-refractivity contribution in [3.05, 3.63) is 0 Å². The van der Waals surface area contributed by atoms with Crippen molar-refractivity contribution < 1.29 is 48.2 Å². The Morgan fingerprint density at radius 1 is 0.786 bits per heavy atom. The van der Waals surface area contributed by atoms with Crippen LogP contribution in [0.5, 0.6) is 0 Å². The number of nitrogens with one attached hydrogen (secondary N) is 5. The van der Waals surface area contributed by atoms with Crippen LogP contribution < -0.4 is 32.3 Å². The average molecular weight is 623 g/mol. The average Bonchev–Trinajstić information content (AvgIpc) is 2.87. The normalized spacial score (nSPS) is 16.6. The first-order valence-electron chi connectivity index (χ1n) is 13.7. The van der Waals surface area contributed by atoms with Crippen molar-refractivity contribution in [2.45, 2.75) is 97.7 Å². The second-order valence-corrected chi connectivity index (χ2v) is 12.5. The molecular weight excluding hydrogens is 575 g/mol. The van der Waals surface area contributed by atoms with Crippen LogP contribution in [0.15, 0.2) is 0 Å². The number of carboxylic acids is 1. The maximum absolute atomic E-state index is 13.2. The summed E-state index contributed by atoms with van der Waals surface area (Å²) in [6.45, 7) is 10.8. The van der Waals surface area contributed by atoms with Gasteiger partial charge in [0.1, 0.15) is 23.9 Å². The second kappa shape index (κ2) is 17.8. The highest BCUT2D eigenvalue weighted by atomic mass is 31.2. The smallest absolute Gasteiger partial charge is 0.344 e. The molecule has 16 nitrogen and oxygen atoms in total. The molecule has 0 aliphatic heterocycles. The Labute approximate surface area is 245 Å². The summed E-state index contributed by atoms with van der Waals surface area (Å²) in [5, 5.41) is 21.5. The van der Waals surface area contributed by atoms with Gasteiger partial charge >= 0.3 is 13.6 Å². The third-order valence-corrected chi connectivity index (χ3v) is 8.01. The molecule has 1 unspecified atom stereocenters. The number of primary amides is 1. The molecule has 242 valence electrons. The minimum Gasteiger partial charge on any atom is -0.480 e. The van der Waals surface area contributed by atoms with Gasteiger partial charge in [-0.05, 0) is 17.8 Å². The fraction of sp³-hybridized carbons (Fsp3) is 0.760. The van der Waals surface area contributed by atoms with Crippen molar-refractivity contribution >= 4 is 43.1 Å². The minimum absolute atomic E-state index is 0.249. The molecule has 0 saturated heterocycles. The number of hydrogen-bond donors (Lipinski definition) is 9. The van der Waals surface area contributed by atoms with Gasteiger partial charge in [-0.1, -0.05) is 54.4 Å². The first-order chi connectivity index (χ1) is 19.3. The van der Waals surface area contributed by atoms with Crippen LogP contribution >= 0.6 is 7.60 Å². The molecule has 5 amide bonds. The van der Waals surface area contributed by atoms with Gasteiger partial charge in [0.2, 0.25) is 29.5 Å². The highest BCUT2D eigenvalue weighted by molar-refractivity contribution is 7.52. The summed E-state index contributed by atoms with van der Waals surface area (Å²) in [5.74, 6) is -8.29. The Morgan fingerprint density at radius 3 is 1.64 bits per heavy atom. The molecule has 0 aromatic rings. The van der Waals surface area contributed by atoms with Crippen LogP contribution in [0, 0.1) is 17.8 Å². The van der Waals surface area contributed by atoms with Crippen LogP contribution in [0.3, 0.4) is 0 Å². The van der Waals surface area contributed by atoms with Crippen molar-refractivity contribution in [2.24, 2.45) is 23.5 Å². The van der Waals surface area contributed by atoms with Gasteiger partial charge < -0.3 is 41.9 Å². The van der Waals surface area contributed by atoms with Crippen molar-refractivity contribution in [1.29, 1.82) is 0 Å². The predicted octanol–water partition coefficient (Wildman–Crippen LogP) is -1.25. The molecule has 0 spiro atoms. The molecule has 7 atom stereocenters. The molecule has 0 saturated carbocycles. The molecule has 0 aromatic carbocycles. The zero-order valence-electron chi connectivity index (χ0n) is 25.2.